The summed E-state index contributed by atoms with van der Waals surface area (Å²) in [6.45, 7) is 5.41. The second kappa shape index (κ2) is 6.38. The number of hydrogen-bond donors (Lipinski definition) is 1. The van der Waals surface area contributed by atoms with Gasteiger partial charge in [-0.15, -0.1) is 0 Å². The van der Waals surface area contributed by atoms with E-state index >= 15 is 0 Å². The van der Waals surface area contributed by atoms with Crippen molar-refractivity contribution in [2.75, 3.05) is 20.6 Å². The topological polar surface area (TPSA) is 15.3 Å². The Morgan fingerprint density at radius 1 is 1.25 bits per heavy atom. The van der Waals surface area contributed by atoms with Crippen molar-refractivity contribution in [1.82, 2.24) is 10.2 Å². The quantitative estimate of drug-likeness (QED) is 0.894. The molecule has 2 nitrogen and oxygen atoms in total. The van der Waals surface area contributed by atoms with Gasteiger partial charge in [0.15, 0.2) is 0 Å². The Balaban J connectivity index is 2.53. The molecule has 2 atom stereocenters. The molecule has 0 fully saturated rings. The summed E-state index contributed by atoms with van der Waals surface area (Å²) in [5.74, 6) is 0. The molecule has 0 aromatic heterocycles. The Hall–Kier alpha value is -0.380. The van der Waals surface area contributed by atoms with Gasteiger partial charge in [0.25, 0.3) is 0 Å². The Labute approximate surface area is 107 Å². The first-order valence-corrected chi connectivity index (χ1v) is 6.46. The molecule has 1 rings (SSSR count). The summed E-state index contributed by atoms with van der Waals surface area (Å²) in [5.41, 5.74) is 1.31. The van der Waals surface area contributed by atoms with Gasteiger partial charge in [0.05, 0.1) is 0 Å². The molecule has 1 aromatic carbocycles. The Kier molecular flexibility index (Phi) is 5.46. The van der Waals surface area contributed by atoms with Crippen molar-refractivity contribution in [2.45, 2.75) is 25.9 Å². The van der Waals surface area contributed by atoms with Crippen molar-refractivity contribution >= 4 is 15.9 Å². The molecule has 1 aromatic rings. The minimum Gasteiger partial charge on any atom is -0.309 e. The monoisotopic (exact) mass is 284 g/mol. The minimum atomic E-state index is 0.373. The first kappa shape index (κ1) is 13.7. The van der Waals surface area contributed by atoms with Crippen LogP contribution in [0.1, 0.15) is 25.5 Å². The maximum Gasteiger partial charge on any atom is 0.0303 e. The zero-order valence-electron chi connectivity index (χ0n) is 10.5. The van der Waals surface area contributed by atoms with Crippen molar-refractivity contribution in [3.8, 4) is 0 Å². The molecule has 0 radical (unpaired) electrons. The number of halogens is 1. The van der Waals surface area contributed by atoms with Crippen molar-refractivity contribution in [3.63, 3.8) is 0 Å². The molecule has 0 heterocycles. The molecule has 3 heteroatoms. The number of nitrogens with zero attached hydrogens (tertiary/aromatic N) is 1. The third kappa shape index (κ3) is 3.89. The van der Waals surface area contributed by atoms with E-state index in [-0.39, 0.29) is 0 Å². The molecule has 16 heavy (non-hydrogen) atoms. The van der Waals surface area contributed by atoms with Crippen molar-refractivity contribution in [1.29, 1.82) is 0 Å². The lowest BCUT2D eigenvalue weighted by atomic mass is 10.1. The van der Waals surface area contributed by atoms with E-state index in [4.69, 9.17) is 0 Å². The molecular formula is C13H21BrN2. The summed E-state index contributed by atoms with van der Waals surface area (Å²) in [4.78, 5) is 2.22. The third-order valence-corrected chi connectivity index (χ3v) is 3.69. The maximum absolute atomic E-state index is 3.58. The van der Waals surface area contributed by atoms with Gasteiger partial charge in [0, 0.05) is 23.1 Å². The predicted octanol–water partition coefficient (Wildman–Crippen LogP) is 3.05. The van der Waals surface area contributed by atoms with Crippen LogP contribution in [-0.4, -0.2) is 31.6 Å². The molecule has 0 amide bonds. The van der Waals surface area contributed by atoms with E-state index in [1.807, 2.05) is 6.07 Å². The number of nitrogens with one attached hydrogen (secondary N) is 1. The van der Waals surface area contributed by atoms with Gasteiger partial charge in [-0.2, -0.15) is 0 Å². The van der Waals surface area contributed by atoms with Crippen LogP contribution in [0.5, 0.6) is 0 Å². The highest BCUT2D eigenvalue weighted by Crippen LogP contribution is 2.22. The van der Waals surface area contributed by atoms with Crippen LogP contribution in [0.4, 0.5) is 0 Å². The van der Waals surface area contributed by atoms with Crippen LogP contribution >= 0.6 is 15.9 Å². The molecule has 0 bridgehead atoms. The SMILES string of the molecule is CC(NCC(C)N(C)C)c1ccccc1Br. The van der Waals surface area contributed by atoms with Gasteiger partial charge in [-0.05, 0) is 39.6 Å². The highest BCUT2D eigenvalue weighted by molar-refractivity contribution is 9.10. The van der Waals surface area contributed by atoms with E-state index in [2.05, 4.69) is 72.3 Å². The second-order valence-electron chi connectivity index (χ2n) is 4.46. The number of likely N-dealkylation sites (N-methyl/N-ethyl adjacent to an activating group) is 1. The lowest BCUT2D eigenvalue weighted by molar-refractivity contribution is 0.295. The molecule has 0 saturated heterocycles. The molecule has 90 valence electrons. The second-order valence-corrected chi connectivity index (χ2v) is 5.32. The molecule has 2 unspecified atom stereocenters. The Morgan fingerprint density at radius 3 is 2.44 bits per heavy atom. The van der Waals surface area contributed by atoms with Crippen molar-refractivity contribution in [2.24, 2.45) is 0 Å². The average Bonchev–Trinajstić information content (AvgIpc) is 2.25. The van der Waals surface area contributed by atoms with Crippen LogP contribution in [0.2, 0.25) is 0 Å². The van der Waals surface area contributed by atoms with Gasteiger partial charge >= 0.3 is 0 Å². The zero-order valence-corrected chi connectivity index (χ0v) is 12.1. The van der Waals surface area contributed by atoms with Gasteiger partial charge in [0.1, 0.15) is 0 Å². The first-order valence-electron chi connectivity index (χ1n) is 5.66. The fourth-order valence-corrected chi connectivity index (χ4v) is 2.09. The van der Waals surface area contributed by atoms with Gasteiger partial charge < -0.3 is 10.2 Å². The number of benzene rings is 1. The Bertz CT molecular complexity index is 325. The molecule has 0 aliphatic rings. The van der Waals surface area contributed by atoms with Crippen LogP contribution in [0, 0.1) is 0 Å². The highest BCUT2D eigenvalue weighted by atomic mass is 79.9. The molecule has 0 saturated carbocycles. The summed E-state index contributed by atoms with van der Waals surface area (Å²) in [6, 6.07) is 9.28. The van der Waals surface area contributed by atoms with E-state index in [1.54, 1.807) is 0 Å². The van der Waals surface area contributed by atoms with Crippen molar-refractivity contribution in [3.05, 3.63) is 34.3 Å². The maximum atomic E-state index is 3.58. The largest absolute Gasteiger partial charge is 0.309 e. The number of rotatable bonds is 5. The van der Waals surface area contributed by atoms with Crippen LogP contribution in [-0.2, 0) is 0 Å². The summed E-state index contributed by atoms with van der Waals surface area (Å²) < 4.78 is 1.17. The van der Waals surface area contributed by atoms with Crippen LogP contribution in [0.25, 0.3) is 0 Å². The standard InChI is InChI=1S/C13H21BrN2/c1-10(16(3)4)9-15-11(2)12-7-5-6-8-13(12)14/h5-8,10-11,15H,9H2,1-4H3. The van der Waals surface area contributed by atoms with Crippen LogP contribution in [0.3, 0.4) is 0 Å². The van der Waals surface area contributed by atoms with Gasteiger partial charge in [-0.25, -0.2) is 0 Å². The summed E-state index contributed by atoms with van der Waals surface area (Å²) in [5, 5.41) is 3.55. The molecule has 0 aliphatic carbocycles. The summed E-state index contributed by atoms with van der Waals surface area (Å²) in [6.07, 6.45) is 0. The smallest absolute Gasteiger partial charge is 0.0303 e. The molecular weight excluding hydrogens is 264 g/mol. The van der Waals surface area contributed by atoms with Crippen molar-refractivity contribution < 1.29 is 0 Å². The number of hydrogen-bond acceptors (Lipinski definition) is 2. The molecule has 0 aliphatic heterocycles. The normalized spacial score (nSPS) is 15.1. The predicted molar refractivity (Wildman–Crippen MR) is 73.7 cm³/mol. The fourth-order valence-electron chi connectivity index (χ4n) is 1.47. The minimum absolute atomic E-state index is 0.373. The lowest BCUT2D eigenvalue weighted by Gasteiger charge is -2.23. The van der Waals surface area contributed by atoms with E-state index in [0.717, 1.165) is 6.54 Å². The third-order valence-electron chi connectivity index (χ3n) is 2.97. The summed E-state index contributed by atoms with van der Waals surface area (Å²) in [7, 11) is 4.21. The summed E-state index contributed by atoms with van der Waals surface area (Å²) >= 11 is 3.58. The fraction of sp³-hybridized carbons (Fsp3) is 0.538. The molecule has 1 N–H and O–H groups in total. The zero-order chi connectivity index (χ0) is 12.1. The molecule has 0 spiro atoms. The lowest BCUT2D eigenvalue weighted by Crippen LogP contribution is -2.36. The highest BCUT2D eigenvalue weighted by Gasteiger charge is 2.10. The van der Waals surface area contributed by atoms with Crippen LogP contribution in [0.15, 0.2) is 28.7 Å². The van der Waals surface area contributed by atoms with Gasteiger partial charge in [-0.3, -0.25) is 0 Å². The average molecular weight is 285 g/mol. The van der Waals surface area contributed by atoms with E-state index in [1.165, 1.54) is 10.0 Å². The Morgan fingerprint density at radius 2 is 1.88 bits per heavy atom. The van der Waals surface area contributed by atoms with Gasteiger partial charge in [0.2, 0.25) is 0 Å². The van der Waals surface area contributed by atoms with Crippen LogP contribution < -0.4 is 5.32 Å². The van der Waals surface area contributed by atoms with E-state index < -0.39 is 0 Å². The first-order chi connectivity index (χ1) is 7.52. The van der Waals surface area contributed by atoms with E-state index in [9.17, 15) is 0 Å². The van der Waals surface area contributed by atoms with Gasteiger partial charge in [-0.1, -0.05) is 34.1 Å². The van der Waals surface area contributed by atoms with E-state index in [0.29, 0.717) is 12.1 Å².